The van der Waals surface area contributed by atoms with E-state index in [9.17, 15) is 0 Å². The molecule has 18 heavy (non-hydrogen) atoms. The number of para-hydroxylation sites is 1. The summed E-state index contributed by atoms with van der Waals surface area (Å²) >= 11 is 1.75. The Morgan fingerprint density at radius 2 is 2.06 bits per heavy atom. The number of hydrogen-bond donors (Lipinski definition) is 0. The van der Waals surface area contributed by atoms with E-state index in [0.29, 0.717) is 5.92 Å². The van der Waals surface area contributed by atoms with Crippen molar-refractivity contribution in [1.82, 2.24) is 4.98 Å². The van der Waals surface area contributed by atoms with Crippen LogP contribution < -0.4 is 4.74 Å². The van der Waals surface area contributed by atoms with Gasteiger partial charge in [-0.15, -0.1) is 11.3 Å². The van der Waals surface area contributed by atoms with Gasteiger partial charge in [-0.05, 0) is 6.07 Å². The van der Waals surface area contributed by atoms with Gasteiger partial charge in [0, 0.05) is 16.4 Å². The van der Waals surface area contributed by atoms with Gasteiger partial charge >= 0.3 is 0 Å². The molecule has 2 aromatic rings. The lowest BCUT2D eigenvalue weighted by Gasteiger charge is -2.14. The van der Waals surface area contributed by atoms with Crippen LogP contribution in [-0.2, 0) is 5.41 Å². The number of fused-ring (bicyclic) bond motifs is 1. The molecule has 0 bridgehead atoms. The molecule has 0 saturated heterocycles. The van der Waals surface area contributed by atoms with E-state index < -0.39 is 0 Å². The van der Waals surface area contributed by atoms with E-state index in [-0.39, 0.29) is 5.41 Å². The summed E-state index contributed by atoms with van der Waals surface area (Å²) in [5.41, 5.74) is 2.56. The molecule has 0 radical (unpaired) electrons. The summed E-state index contributed by atoms with van der Waals surface area (Å²) in [6.45, 7) is 7.32. The molecule has 1 atom stereocenters. The Balaban J connectivity index is 1.96. The molecule has 1 aliphatic heterocycles. The molecule has 0 aliphatic carbocycles. The van der Waals surface area contributed by atoms with Crippen LogP contribution in [0.3, 0.4) is 0 Å². The highest BCUT2D eigenvalue weighted by molar-refractivity contribution is 7.09. The Morgan fingerprint density at radius 3 is 2.78 bits per heavy atom. The highest BCUT2D eigenvalue weighted by Gasteiger charge is 2.29. The predicted octanol–water partition coefficient (Wildman–Crippen LogP) is 3.96. The van der Waals surface area contributed by atoms with Crippen LogP contribution >= 0.6 is 11.3 Å². The van der Waals surface area contributed by atoms with E-state index in [1.54, 1.807) is 11.3 Å². The SMILES string of the molecule is CC(C)(C)c1csc(C2COc3ccccc32)n1. The van der Waals surface area contributed by atoms with Gasteiger partial charge in [-0.3, -0.25) is 0 Å². The van der Waals surface area contributed by atoms with E-state index in [0.717, 1.165) is 12.4 Å². The van der Waals surface area contributed by atoms with Crippen molar-refractivity contribution < 1.29 is 4.74 Å². The number of thiazole rings is 1. The highest BCUT2D eigenvalue weighted by atomic mass is 32.1. The van der Waals surface area contributed by atoms with Crippen LogP contribution in [0.1, 0.15) is 43.0 Å². The van der Waals surface area contributed by atoms with Crippen LogP contribution in [0.25, 0.3) is 0 Å². The molecule has 3 heteroatoms. The van der Waals surface area contributed by atoms with E-state index >= 15 is 0 Å². The molecule has 3 rings (SSSR count). The average molecular weight is 259 g/mol. The molecule has 0 fully saturated rings. The van der Waals surface area contributed by atoms with E-state index in [1.165, 1.54) is 16.3 Å². The summed E-state index contributed by atoms with van der Waals surface area (Å²) in [7, 11) is 0. The summed E-state index contributed by atoms with van der Waals surface area (Å²) in [5.74, 6) is 1.32. The van der Waals surface area contributed by atoms with Crippen molar-refractivity contribution in [2.75, 3.05) is 6.61 Å². The topological polar surface area (TPSA) is 22.1 Å². The first kappa shape index (κ1) is 11.7. The largest absolute Gasteiger partial charge is 0.492 e. The smallest absolute Gasteiger partial charge is 0.123 e. The molecule has 1 aliphatic rings. The lowest BCUT2D eigenvalue weighted by Crippen LogP contribution is -2.12. The van der Waals surface area contributed by atoms with Crippen molar-refractivity contribution in [2.24, 2.45) is 0 Å². The number of aromatic nitrogens is 1. The van der Waals surface area contributed by atoms with Crippen molar-refractivity contribution >= 4 is 11.3 Å². The molecule has 0 spiro atoms. The predicted molar refractivity (Wildman–Crippen MR) is 74.6 cm³/mol. The quantitative estimate of drug-likeness (QED) is 0.773. The minimum Gasteiger partial charge on any atom is -0.492 e. The van der Waals surface area contributed by atoms with Crippen LogP contribution in [0, 0.1) is 0 Å². The van der Waals surface area contributed by atoms with Crippen molar-refractivity contribution in [3.05, 3.63) is 45.9 Å². The van der Waals surface area contributed by atoms with E-state index in [4.69, 9.17) is 9.72 Å². The Labute approximate surface area is 112 Å². The van der Waals surface area contributed by atoms with Gasteiger partial charge in [0.25, 0.3) is 0 Å². The third-order valence-corrected chi connectivity index (χ3v) is 4.25. The zero-order valence-corrected chi connectivity index (χ0v) is 11.8. The van der Waals surface area contributed by atoms with Gasteiger partial charge in [0.15, 0.2) is 0 Å². The Hall–Kier alpha value is -1.35. The lowest BCUT2D eigenvalue weighted by atomic mass is 9.93. The van der Waals surface area contributed by atoms with Crippen LogP contribution in [0.15, 0.2) is 29.6 Å². The molecule has 0 N–H and O–H groups in total. The number of rotatable bonds is 1. The molecule has 1 aromatic carbocycles. The van der Waals surface area contributed by atoms with Crippen molar-refractivity contribution in [1.29, 1.82) is 0 Å². The third-order valence-electron chi connectivity index (χ3n) is 3.29. The van der Waals surface area contributed by atoms with Gasteiger partial charge < -0.3 is 4.74 Å². The zero-order chi connectivity index (χ0) is 12.8. The summed E-state index contributed by atoms with van der Waals surface area (Å²) < 4.78 is 5.73. The fraction of sp³-hybridized carbons (Fsp3) is 0.400. The third kappa shape index (κ3) is 1.93. The summed E-state index contributed by atoms with van der Waals surface area (Å²) in [6, 6.07) is 8.27. The maximum atomic E-state index is 5.73. The maximum absolute atomic E-state index is 5.73. The van der Waals surface area contributed by atoms with Crippen LogP contribution in [-0.4, -0.2) is 11.6 Å². The second kappa shape index (κ2) is 4.09. The van der Waals surface area contributed by atoms with Gasteiger partial charge in [0.05, 0.1) is 11.6 Å². The second-order valence-electron chi connectivity index (χ2n) is 5.72. The molecular weight excluding hydrogens is 242 g/mol. The van der Waals surface area contributed by atoms with Gasteiger partial charge in [0.1, 0.15) is 17.4 Å². The van der Waals surface area contributed by atoms with E-state index in [2.05, 4.69) is 38.3 Å². The van der Waals surface area contributed by atoms with Crippen LogP contribution in [0.2, 0.25) is 0 Å². The van der Waals surface area contributed by atoms with E-state index in [1.807, 2.05) is 12.1 Å². The normalized spacial score (nSPS) is 18.5. The molecule has 2 heterocycles. The average Bonchev–Trinajstić information content (AvgIpc) is 2.94. The number of nitrogens with zero attached hydrogens (tertiary/aromatic N) is 1. The first-order chi connectivity index (χ1) is 8.55. The minimum absolute atomic E-state index is 0.119. The Bertz CT molecular complexity index is 568. The van der Waals surface area contributed by atoms with Crippen molar-refractivity contribution in [2.45, 2.75) is 32.1 Å². The monoisotopic (exact) mass is 259 g/mol. The zero-order valence-electron chi connectivity index (χ0n) is 10.9. The van der Waals surface area contributed by atoms with Gasteiger partial charge in [-0.2, -0.15) is 0 Å². The standard InChI is InChI=1S/C15H17NOS/c1-15(2,3)13-9-18-14(16-13)11-8-17-12-7-5-4-6-10(11)12/h4-7,9,11H,8H2,1-3H3. The van der Waals surface area contributed by atoms with Crippen molar-refractivity contribution in [3.63, 3.8) is 0 Å². The van der Waals surface area contributed by atoms with Gasteiger partial charge in [-0.1, -0.05) is 39.0 Å². The highest BCUT2D eigenvalue weighted by Crippen LogP contribution is 2.39. The first-order valence-electron chi connectivity index (χ1n) is 6.23. The Morgan fingerprint density at radius 1 is 1.28 bits per heavy atom. The van der Waals surface area contributed by atoms with Crippen LogP contribution in [0.4, 0.5) is 0 Å². The molecule has 0 saturated carbocycles. The molecule has 94 valence electrons. The fourth-order valence-electron chi connectivity index (χ4n) is 2.16. The van der Waals surface area contributed by atoms with Crippen molar-refractivity contribution in [3.8, 4) is 5.75 Å². The summed E-state index contributed by atoms with van der Waals surface area (Å²) in [6.07, 6.45) is 0. The second-order valence-corrected chi connectivity index (χ2v) is 6.61. The molecule has 1 unspecified atom stereocenters. The molecule has 2 nitrogen and oxygen atoms in total. The number of benzene rings is 1. The summed E-state index contributed by atoms with van der Waals surface area (Å²) in [5, 5.41) is 3.35. The van der Waals surface area contributed by atoms with Crippen LogP contribution in [0.5, 0.6) is 5.75 Å². The minimum atomic E-state index is 0.119. The number of hydrogen-bond acceptors (Lipinski definition) is 3. The molecular formula is C15H17NOS. The molecule has 1 aromatic heterocycles. The molecule has 0 amide bonds. The van der Waals surface area contributed by atoms with Gasteiger partial charge in [-0.25, -0.2) is 4.98 Å². The fourth-order valence-corrected chi connectivity index (χ4v) is 3.31. The first-order valence-corrected chi connectivity index (χ1v) is 7.11. The van der Waals surface area contributed by atoms with Gasteiger partial charge in [0.2, 0.25) is 0 Å². The lowest BCUT2D eigenvalue weighted by molar-refractivity contribution is 0.342. The Kier molecular flexibility index (Phi) is 2.67. The maximum Gasteiger partial charge on any atom is 0.123 e. The summed E-state index contributed by atoms with van der Waals surface area (Å²) in [4.78, 5) is 4.80. The number of ether oxygens (including phenoxy) is 1.